The van der Waals surface area contributed by atoms with Crippen molar-refractivity contribution in [2.24, 2.45) is 0 Å². The maximum atomic E-state index is 12.1. The van der Waals surface area contributed by atoms with Gasteiger partial charge in [-0.15, -0.1) is 6.58 Å². The van der Waals surface area contributed by atoms with Crippen LogP contribution in [0.25, 0.3) is 0 Å². The minimum absolute atomic E-state index is 0.0817. The first-order chi connectivity index (χ1) is 9.61. The summed E-state index contributed by atoms with van der Waals surface area (Å²) < 4.78 is 5.37. The van der Waals surface area contributed by atoms with Gasteiger partial charge in [-0.25, -0.2) is 4.79 Å². The van der Waals surface area contributed by atoms with E-state index in [9.17, 15) is 9.90 Å². The molecular weight excluding hydrogens is 252 g/mol. The first-order valence-corrected chi connectivity index (χ1v) is 6.32. The molecule has 2 rings (SSSR count). The zero-order valence-electron chi connectivity index (χ0n) is 11.3. The highest BCUT2D eigenvalue weighted by molar-refractivity contribution is 5.94. The van der Waals surface area contributed by atoms with Crippen molar-refractivity contribution in [3.63, 3.8) is 0 Å². The van der Waals surface area contributed by atoms with Gasteiger partial charge >= 0.3 is 5.97 Å². The fourth-order valence-electron chi connectivity index (χ4n) is 1.90. The van der Waals surface area contributed by atoms with Gasteiger partial charge in [0.2, 0.25) is 0 Å². The smallest absolute Gasteiger partial charge is 0.347 e. The SMILES string of the molecule is C=CCc1ccccc1OC(=O)c1cc(C)ccc1O. The maximum absolute atomic E-state index is 12.1. The standard InChI is InChI=1S/C17H16O3/c1-3-6-13-7-4-5-8-16(13)20-17(19)14-11-12(2)9-10-15(14)18/h3-5,7-11,18H,1,6H2,2H3. The first-order valence-electron chi connectivity index (χ1n) is 6.32. The quantitative estimate of drug-likeness (QED) is 0.523. The van der Waals surface area contributed by atoms with Crippen molar-refractivity contribution < 1.29 is 14.6 Å². The lowest BCUT2D eigenvalue weighted by molar-refractivity contribution is 0.0730. The molecule has 0 aliphatic carbocycles. The Kier molecular flexibility index (Phi) is 4.20. The van der Waals surface area contributed by atoms with Crippen LogP contribution in [-0.4, -0.2) is 11.1 Å². The van der Waals surface area contributed by atoms with Crippen LogP contribution in [-0.2, 0) is 6.42 Å². The van der Waals surface area contributed by atoms with Crippen molar-refractivity contribution >= 4 is 5.97 Å². The Balaban J connectivity index is 2.28. The van der Waals surface area contributed by atoms with Crippen molar-refractivity contribution in [3.8, 4) is 11.5 Å². The minimum Gasteiger partial charge on any atom is -0.507 e. The van der Waals surface area contributed by atoms with Crippen molar-refractivity contribution in [3.05, 3.63) is 71.8 Å². The van der Waals surface area contributed by atoms with Crippen LogP contribution in [0.5, 0.6) is 11.5 Å². The fourth-order valence-corrected chi connectivity index (χ4v) is 1.90. The zero-order chi connectivity index (χ0) is 14.5. The average molecular weight is 268 g/mol. The van der Waals surface area contributed by atoms with E-state index in [1.807, 2.05) is 19.1 Å². The lowest BCUT2D eigenvalue weighted by Gasteiger charge is -2.10. The molecule has 3 nitrogen and oxygen atoms in total. The normalized spacial score (nSPS) is 10.1. The molecule has 0 bridgehead atoms. The topological polar surface area (TPSA) is 46.5 Å². The van der Waals surface area contributed by atoms with E-state index in [0.717, 1.165) is 11.1 Å². The molecule has 0 aliphatic heterocycles. The van der Waals surface area contributed by atoms with Crippen LogP contribution in [0.3, 0.4) is 0 Å². The molecule has 3 heteroatoms. The number of carbonyl (C=O) groups is 1. The van der Waals surface area contributed by atoms with Crippen molar-refractivity contribution in [2.45, 2.75) is 13.3 Å². The number of aryl methyl sites for hydroxylation is 1. The molecule has 1 N–H and O–H groups in total. The Morgan fingerprint density at radius 2 is 2.05 bits per heavy atom. The fraction of sp³-hybridized carbons (Fsp3) is 0.118. The Bertz CT molecular complexity index is 644. The highest BCUT2D eigenvalue weighted by Crippen LogP contribution is 2.23. The van der Waals surface area contributed by atoms with E-state index < -0.39 is 5.97 Å². The Labute approximate surface area is 118 Å². The van der Waals surface area contributed by atoms with Crippen molar-refractivity contribution in [1.29, 1.82) is 0 Å². The predicted octanol–water partition coefficient (Wildman–Crippen LogP) is 3.65. The van der Waals surface area contributed by atoms with Crippen molar-refractivity contribution in [1.82, 2.24) is 0 Å². The third-order valence-corrected chi connectivity index (χ3v) is 2.91. The van der Waals surface area contributed by atoms with Crippen LogP contribution in [0.1, 0.15) is 21.5 Å². The molecule has 0 heterocycles. The lowest BCUT2D eigenvalue weighted by atomic mass is 10.1. The summed E-state index contributed by atoms with van der Waals surface area (Å²) in [5.41, 5.74) is 1.93. The van der Waals surface area contributed by atoms with Crippen LogP contribution >= 0.6 is 0 Å². The molecule has 0 spiro atoms. The van der Waals surface area contributed by atoms with Crippen molar-refractivity contribution in [2.75, 3.05) is 0 Å². The molecular formula is C17H16O3. The molecule has 2 aromatic rings. The molecule has 0 unspecified atom stereocenters. The number of carbonyl (C=O) groups excluding carboxylic acids is 1. The second-order valence-corrected chi connectivity index (χ2v) is 4.51. The lowest BCUT2D eigenvalue weighted by Crippen LogP contribution is -2.10. The number of rotatable bonds is 4. The summed E-state index contributed by atoms with van der Waals surface area (Å²) in [7, 11) is 0. The number of aromatic hydroxyl groups is 1. The molecule has 0 amide bonds. The Morgan fingerprint density at radius 1 is 1.30 bits per heavy atom. The van der Waals surface area contributed by atoms with Gasteiger partial charge in [0.25, 0.3) is 0 Å². The number of phenolic OH excluding ortho intramolecular Hbond substituents is 1. The second kappa shape index (κ2) is 6.06. The molecule has 102 valence electrons. The molecule has 0 saturated heterocycles. The van der Waals surface area contributed by atoms with E-state index >= 15 is 0 Å². The first kappa shape index (κ1) is 13.9. The third kappa shape index (κ3) is 3.06. The van der Waals surface area contributed by atoms with Gasteiger partial charge in [0.05, 0.1) is 0 Å². The van der Waals surface area contributed by atoms with Gasteiger partial charge in [0.1, 0.15) is 17.1 Å². The van der Waals surface area contributed by atoms with Crippen LogP contribution in [0.15, 0.2) is 55.1 Å². The third-order valence-electron chi connectivity index (χ3n) is 2.91. The van der Waals surface area contributed by atoms with Gasteiger partial charge < -0.3 is 9.84 Å². The molecule has 0 radical (unpaired) electrons. The Hall–Kier alpha value is -2.55. The van der Waals surface area contributed by atoms with E-state index in [1.165, 1.54) is 6.07 Å². The average Bonchev–Trinajstić information content (AvgIpc) is 2.44. The van der Waals surface area contributed by atoms with Gasteiger partial charge in [0, 0.05) is 0 Å². The van der Waals surface area contributed by atoms with Crippen LogP contribution in [0.4, 0.5) is 0 Å². The molecule has 2 aromatic carbocycles. The highest BCUT2D eigenvalue weighted by Gasteiger charge is 2.15. The van der Waals surface area contributed by atoms with Crippen LogP contribution in [0.2, 0.25) is 0 Å². The van der Waals surface area contributed by atoms with E-state index in [2.05, 4.69) is 6.58 Å². The summed E-state index contributed by atoms with van der Waals surface area (Å²) in [5, 5.41) is 9.74. The van der Waals surface area contributed by atoms with Gasteiger partial charge in [-0.05, 0) is 37.1 Å². The van der Waals surface area contributed by atoms with Gasteiger partial charge in [0.15, 0.2) is 0 Å². The summed E-state index contributed by atoms with van der Waals surface area (Å²) in [5.74, 6) is -0.164. The van der Waals surface area contributed by atoms with Crippen LogP contribution < -0.4 is 4.74 Å². The summed E-state index contributed by atoms with van der Waals surface area (Å²) in [4.78, 5) is 12.1. The molecule has 0 saturated carbocycles. The maximum Gasteiger partial charge on any atom is 0.347 e. The summed E-state index contributed by atoms with van der Waals surface area (Å²) in [6, 6.07) is 12.1. The monoisotopic (exact) mass is 268 g/mol. The minimum atomic E-state index is -0.567. The number of esters is 1. The largest absolute Gasteiger partial charge is 0.507 e. The molecule has 0 fully saturated rings. The van der Waals surface area contributed by atoms with E-state index in [-0.39, 0.29) is 11.3 Å². The summed E-state index contributed by atoms with van der Waals surface area (Å²) in [6.45, 7) is 5.53. The summed E-state index contributed by atoms with van der Waals surface area (Å²) in [6.07, 6.45) is 2.36. The number of phenols is 1. The highest BCUT2D eigenvalue weighted by atomic mass is 16.5. The van der Waals surface area contributed by atoms with Gasteiger partial charge in [-0.1, -0.05) is 35.9 Å². The summed E-state index contributed by atoms with van der Waals surface area (Å²) >= 11 is 0. The Morgan fingerprint density at radius 3 is 2.80 bits per heavy atom. The number of benzene rings is 2. The molecule has 20 heavy (non-hydrogen) atoms. The molecule has 0 aromatic heterocycles. The molecule has 0 atom stereocenters. The number of hydrogen-bond acceptors (Lipinski definition) is 3. The van der Waals surface area contributed by atoms with Gasteiger partial charge in [-0.3, -0.25) is 0 Å². The van der Waals surface area contributed by atoms with E-state index in [0.29, 0.717) is 12.2 Å². The number of para-hydroxylation sites is 1. The second-order valence-electron chi connectivity index (χ2n) is 4.51. The van der Waals surface area contributed by atoms with Crippen LogP contribution in [0, 0.1) is 6.92 Å². The number of ether oxygens (including phenoxy) is 1. The number of allylic oxidation sites excluding steroid dienone is 1. The number of hydrogen-bond donors (Lipinski definition) is 1. The molecule has 0 aliphatic rings. The van der Waals surface area contributed by atoms with Gasteiger partial charge in [-0.2, -0.15) is 0 Å². The van der Waals surface area contributed by atoms with E-state index in [1.54, 1.807) is 30.3 Å². The zero-order valence-corrected chi connectivity index (χ0v) is 11.3. The predicted molar refractivity (Wildman–Crippen MR) is 78.1 cm³/mol. The van der Waals surface area contributed by atoms with E-state index in [4.69, 9.17) is 4.74 Å².